The van der Waals surface area contributed by atoms with Gasteiger partial charge in [0.1, 0.15) is 0 Å². The van der Waals surface area contributed by atoms with Gasteiger partial charge in [-0.05, 0) is 130 Å². The molecule has 4 aromatic heterocycles. The molecule has 0 saturated carbocycles. The fourth-order valence-corrected chi connectivity index (χ4v) is 10.7. The number of benzene rings is 10. The van der Waals surface area contributed by atoms with Crippen molar-refractivity contribution in [1.82, 2.24) is 13.5 Å². The summed E-state index contributed by atoms with van der Waals surface area (Å²) < 4.78 is 7.25. The zero-order valence-corrected chi connectivity index (χ0v) is 34.2. The molecule has 4 heterocycles. The molecule has 14 aromatic rings. The molecule has 292 valence electrons. The van der Waals surface area contributed by atoms with Crippen molar-refractivity contribution in [2.45, 2.75) is 0 Å². The van der Waals surface area contributed by atoms with Gasteiger partial charge in [0.2, 0.25) is 0 Å². The van der Waals surface area contributed by atoms with E-state index in [1.54, 1.807) is 0 Å². The van der Waals surface area contributed by atoms with Crippen molar-refractivity contribution in [2.75, 3.05) is 0 Å². The molecule has 0 atom stereocenters. The second-order valence-electron chi connectivity index (χ2n) is 16.9. The van der Waals surface area contributed by atoms with Gasteiger partial charge in [-0.3, -0.25) is 0 Å². The van der Waals surface area contributed by atoms with Gasteiger partial charge in [0, 0.05) is 54.5 Å². The van der Waals surface area contributed by atoms with E-state index in [0.29, 0.717) is 0 Å². The lowest BCUT2D eigenvalue weighted by atomic mass is 9.96. The van der Waals surface area contributed by atoms with Gasteiger partial charge in [0.25, 0.3) is 0 Å². The number of hydrogen-bond donors (Lipinski definition) is 0. The van der Waals surface area contributed by atoms with Crippen LogP contribution in [0.4, 0.5) is 0 Å². The van der Waals surface area contributed by atoms with E-state index in [1.165, 1.54) is 121 Å². The second-order valence-corrected chi connectivity index (χ2v) is 16.9. The number of para-hydroxylation sites is 5. The summed E-state index contributed by atoms with van der Waals surface area (Å²) in [6, 6.07) is 82.7. The molecule has 0 N–H and O–H groups in total. The Morgan fingerprint density at radius 3 is 1.05 bits per heavy atom. The third-order valence-electron chi connectivity index (χ3n) is 13.5. The molecule has 10 aromatic carbocycles. The minimum absolute atomic E-state index is 1.16. The van der Waals surface area contributed by atoms with Crippen LogP contribution in [0.1, 0.15) is 0 Å². The zero-order valence-electron chi connectivity index (χ0n) is 34.2. The summed E-state index contributed by atoms with van der Waals surface area (Å²) >= 11 is 0. The molecule has 0 aliphatic rings. The first-order valence-corrected chi connectivity index (χ1v) is 21.8. The standard InChI is InChI=1S/C60H37N3/c1-3-16-44(17-4-1)61-54-23-10-7-20-46(54)49-33-40(26-29-57(49)61)38-14-13-15-39(32-38)41-27-30-58-50(34-41)51-35-42(28-31-59(51)62(58)45-18-5-2-6-19-45)43-36-52-47-21-8-11-24-55(47)63-56-25-12-9-22-48(56)53(37-43)60(52)63/h1-37H. The van der Waals surface area contributed by atoms with Crippen LogP contribution in [0.25, 0.3) is 126 Å². The fourth-order valence-electron chi connectivity index (χ4n) is 10.7. The summed E-state index contributed by atoms with van der Waals surface area (Å²) in [4.78, 5) is 0. The Morgan fingerprint density at radius 1 is 0.206 bits per heavy atom. The Kier molecular flexibility index (Phi) is 7.11. The van der Waals surface area contributed by atoms with Gasteiger partial charge < -0.3 is 13.5 Å². The summed E-state index contributed by atoms with van der Waals surface area (Å²) in [7, 11) is 0. The van der Waals surface area contributed by atoms with Gasteiger partial charge in [0.15, 0.2) is 0 Å². The number of hydrogen-bond acceptors (Lipinski definition) is 0. The lowest BCUT2D eigenvalue weighted by Gasteiger charge is -2.10. The van der Waals surface area contributed by atoms with E-state index < -0.39 is 0 Å². The molecular formula is C60H37N3. The van der Waals surface area contributed by atoms with Crippen molar-refractivity contribution in [3.05, 3.63) is 224 Å². The van der Waals surface area contributed by atoms with Gasteiger partial charge in [-0.1, -0.05) is 127 Å². The Bertz CT molecular complexity index is 4040. The van der Waals surface area contributed by atoms with Gasteiger partial charge in [0.05, 0.1) is 38.6 Å². The van der Waals surface area contributed by atoms with Crippen LogP contribution in [0.15, 0.2) is 224 Å². The third-order valence-corrected chi connectivity index (χ3v) is 13.5. The largest absolute Gasteiger partial charge is 0.309 e. The second kappa shape index (κ2) is 13.1. The molecule has 0 bridgehead atoms. The Labute approximate surface area is 362 Å². The van der Waals surface area contributed by atoms with E-state index in [1.807, 2.05) is 0 Å². The normalized spacial score (nSPS) is 12.1. The first-order chi connectivity index (χ1) is 31.2. The van der Waals surface area contributed by atoms with Crippen LogP contribution in [0.3, 0.4) is 0 Å². The Hall–Kier alpha value is -8.40. The molecule has 3 nitrogen and oxygen atoms in total. The van der Waals surface area contributed by atoms with Gasteiger partial charge in [-0.2, -0.15) is 0 Å². The van der Waals surface area contributed by atoms with Crippen molar-refractivity contribution in [3.8, 4) is 44.8 Å². The third kappa shape index (κ3) is 4.96. The fraction of sp³-hybridized carbons (Fsp3) is 0. The maximum absolute atomic E-state index is 2.45. The molecule has 0 radical (unpaired) electrons. The molecule has 0 saturated heterocycles. The minimum Gasteiger partial charge on any atom is -0.309 e. The van der Waals surface area contributed by atoms with Crippen LogP contribution in [0, 0.1) is 0 Å². The van der Waals surface area contributed by atoms with Crippen molar-refractivity contribution < 1.29 is 0 Å². The van der Waals surface area contributed by atoms with Crippen molar-refractivity contribution in [3.63, 3.8) is 0 Å². The summed E-state index contributed by atoms with van der Waals surface area (Å²) in [6.45, 7) is 0. The summed E-state index contributed by atoms with van der Waals surface area (Å²) in [5.41, 5.74) is 18.2. The van der Waals surface area contributed by atoms with E-state index in [2.05, 4.69) is 238 Å². The summed E-state index contributed by atoms with van der Waals surface area (Å²) in [5.74, 6) is 0. The predicted molar refractivity (Wildman–Crippen MR) is 266 cm³/mol. The first-order valence-electron chi connectivity index (χ1n) is 21.8. The molecule has 14 rings (SSSR count). The van der Waals surface area contributed by atoms with Gasteiger partial charge in [-0.25, -0.2) is 0 Å². The van der Waals surface area contributed by atoms with Crippen molar-refractivity contribution >= 4 is 81.7 Å². The topological polar surface area (TPSA) is 14.3 Å². The molecular weight excluding hydrogens is 763 g/mol. The molecule has 0 fully saturated rings. The monoisotopic (exact) mass is 799 g/mol. The number of aromatic nitrogens is 3. The van der Waals surface area contributed by atoms with Crippen LogP contribution in [0.2, 0.25) is 0 Å². The highest BCUT2D eigenvalue weighted by Crippen LogP contribution is 2.44. The first kappa shape index (κ1) is 34.3. The maximum atomic E-state index is 2.45. The Balaban J connectivity index is 0.938. The van der Waals surface area contributed by atoms with Crippen LogP contribution in [0.5, 0.6) is 0 Å². The highest BCUT2D eigenvalue weighted by molar-refractivity contribution is 6.24. The quantitative estimate of drug-likeness (QED) is 0.165. The van der Waals surface area contributed by atoms with Crippen LogP contribution in [-0.2, 0) is 0 Å². The van der Waals surface area contributed by atoms with E-state index in [9.17, 15) is 0 Å². The van der Waals surface area contributed by atoms with Gasteiger partial charge in [-0.15, -0.1) is 0 Å². The van der Waals surface area contributed by atoms with E-state index in [-0.39, 0.29) is 0 Å². The number of rotatable bonds is 5. The predicted octanol–water partition coefficient (Wildman–Crippen LogP) is 16.0. The van der Waals surface area contributed by atoms with Gasteiger partial charge >= 0.3 is 0 Å². The maximum Gasteiger partial charge on any atom is 0.0620 e. The van der Waals surface area contributed by atoms with E-state index in [0.717, 1.165) is 5.69 Å². The molecule has 0 amide bonds. The SMILES string of the molecule is c1ccc(-n2c3ccccc3c3cc(-c4cccc(-c5ccc6c(c5)c5cc(-c7cc8c9ccccc9n9c%10ccccc%10c(c7)c89)ccc5n6-c5ccccc5)c4)ccc32)cc1. The molecule has 0 aliphatic heterocycles. The summed E-state index contributed by atoms with van der Waals surface area (Å²) in [6.07, 6.45) is 0. The van der Waals surface area contributed by atoms with Crippen molar-refractivity contribution in [1.29, 1.82) is 0 Å². The summed E-state index contributed by atoms with van der Waals surface area (Å²) in [5, 5.41) is 10.2. The lowest BCUT2D eigenvalue weighted by Crippen LogP contribution is -1.93. The molecule has 63 heavy (non-hydrogen) atoms. The highest BCUT2D eigenvalue weighted by atomic mass is 15.0. The smallest absolute Gasteiger partial charge is 0.0620 e. The molecule has 0 aliphatic carbocycles. The van der Waals surface area contributed by atoms with E-state index >= 15 is 0 Å². The molecule has 3 heteroatoms. The van der Waals surface area contributed by atoms with Crippen LogP contribution < -0.4 is 0 Å². The average Bonchev–Trinajstić information content (AvgIpc) is 4.08. The Morgan fingerprint density at radius 2 is 0.556 bits per heavy atom. The highest BCUT2D eigenvalue weighted by Gasteiger charge is 2.20. The molecule has 0 unspecified atom stereocenters. The minimum atomic E-state index is 1.16. The average molecular weight is 800 g/mol. The van der Waals surface area contributed by atoms with Crippen LogP contribution >= 0.6 is 0 Å². The number of fused-ring (bicyclic) bond motifs is 12. The molecule has 0 spiro atoms. The van der Waals surface area contributed by atoms with E-state index in [4.69, 9.17) is 0 Å². The number of nitrogens with zero attached hydrogens (tertiary/aromatic N) is 3. The van der Waals surface area contributed by atoms with Crippen LogP contribution in [-0.4, -0.2) is 13.5 Å². The lowest BCUT2D eigenvalue weighted by molar-refractivity contribution is 1.18. The zero-order chi connectivity index (χ0) is 41.2. The van der Waals surface area contributed by atoms with Crippen molar-refractivity contribution in [2.24, 2.45) is 0 Å².